The predicted octanol–water partition coefficient (Wildman–Crippen LogP) is 0.278. The number of hydrogen-bond donors (Lipinski definition) is 1. The van der Waals surface area contributed by atoms with E-state index in [0.717, 1.165) is 17.5 Å². The second kappa shape index (κ2) is 6.40. The molecule has 1 fully saturated rings. The van der Waals surface area contributed by atoms with Gasteiger partial charge in [0.2, 0.25) is 5.91 Å². The number of carbonyl (C=O) groups excluding carboxylic acids is 2. The van der Waals surface area contributed by atoms with Gasteiger partial charge < -0.3 is 10.2 Å². The molecule has 0 spiro atoms. The van der Waals surface area contributed by atoms with Gasteiger partial charge >= 0.3 is 0 Å². The Bertz CT molecular complexity index is 911. The zero-order valence-electron chi connectivity index (χ0n) is 14.5. The number of amides is 2. The highest BCUT2D eigenvalue weighted by Gasteiger charge is 2.37. The maximum Gasteiger partial charge on any atom is 0.272 e. The topological polar surface area (TPSA) is 84.3 Å². The molecule has 1 unspecified atom stereocenters. The average molecular weight is 352 g/mol. The smallest absolute Gasteiger partial charge is 0.272 e. The first-order valence-electron chi connectivity index (χ1n) is 8.73. The molecule has 1 aromatic heterocycles. The predicted molar refractivity (Wildman–Crippen MR) is 94.7 cm³/mol. The second-order valence-corrected chi connectivity index (χ2v) is 6.93. The highest BCUT2D eigenvalue weighted by atomic mass is 16.2. The Morgan fingerprint density at radius 2 is 1.77 bits per heavy atom. The Kier molecular flexibility index (Phi) is 4.06. The van der Waals surface area contributed by atoms with Crippen LogP contribution in [-0.4, -0.2) is 45.1 Å². The molecule has 0 bridgehead atoms. The molecule has 7 nitrogen and oxygen atoms in total. The molecule has 1 aliphatic heterocycles. The van der Waals surface area contributed by atoms with Gasteiger partial charge in [-0.25, -0.2) is 4.68 Å². The van der Waals surface area contributed by atoms with Gasteiger partial charge in [-0.1, -0.05) is 24.3 Å². The van der Waals surface area contributed by atoms with E-state index >= 15 is 0 Å². The summed E-state index contributed by atoms with van der Waals surface area (Å²) in [7, 11) is 1.50. The summed E-state index contributed by atoms with van der Waals surface area (Å²) in [4.78, 5) is 38.1. The first-order chi connectivity index (χ1) is 12.5. The summed E-state index contributed by atoms with van der Waals surface area (Å²) in [5.74, 6) is -0.295. The average Bonchev–Trinajstić information content (AvgIpc) is 3.20. The van der Waals surface area contributed by atoms with E-state index in [-0.39, 0.29) is 35.2 Å². The third-order valence-electron chi connectivity index (χ3n) is 5.16. The minimum Gasteiger partial charge on any atom is -0.346 e. The number of benzene rings is 1. The lowest BCUT2D eigenvalue weighted by Crippen LogP contribution is -2.41. The molecule has 7 heteroatoms. The summed E-state index contributed by atoms with van der Waals surface area (Å²) in [5, 5.41) is 6.82. The number of hydrogen-bond acceptors (Lipinski definition) is 4. The van der Waals surface area contributed by atoms with Crippen molar-refractivity contribution in [2.24, 2.45) is 7.05 Å². The van der Waals surface area contributed by atoms with Crippen LogP contribution in [-0.2, 0) is 24.7 Å². The largest absolute Gasteiger partial charge is 0.346 e. The highest BCUT2D eigenvalue weighted by Crippen LogP contribution is 2.28. The van der Waals surface area contributed by atoms with Crippen LogP contribution < -0.4 is 10.9 Å². The molecule has 1 saturated heterocycles. The molecule has 2 amide bonds. The maximum absolute atomic E-state index is 12.5. The van der Waals surface area contributed by atoms with Gasteiger partial charge in [-0.15, -0.1) is 0 Å². The van der Waals surface area contributed by atoms with Crippen LogP contribution >= 0.6 is 0 Å². The minimum atomic E-state index is -0.366. The van der Waals surface area contributed by atoms with Crippen LogP contribution in [0.5, 0.6) is 0 Å². The number of aromatic nitrogens is 2. The van der Waals surface area contributed by atoms with Crippen LogP contribution in [0.25, 0.3) is 0 Å². The van der Waals surface area contributed by atoms with Crippen molar-refractivity contribution in [3.05, 3.63) is 63.6 Å². The molecule has 1 aliphatic carbocycles. The van der Waals surface area contributed by atoms with Gasteiger partial charge in [0.05, 0.1) is 6.04 Å². The van der Waals surface area contributed by atoms with Gasteiger partial charge in [0, 0.05) is 32.1 Å². The van der Waals surface area contributed by atoms with Crippen LogP contribution in [0.1, 0.15) is 28.0 Å². The van der Waals surface area contributed by atoms with Crippen molar-refractivity contribution in [3.8, 4) is 0 Å². The highest BCUT2D eigenvalue weighted by molar-refractivity contribution is 5.93. The van der Waals surface area contributed by atoms with E-state index in [1.54, 1.807) is 0 Å². The van der Waals surface area contributed by atoms with Gasteiger partial charge in [0.1, 0.15) is 5.69 Å². The third kappa shape index (κ3) is 3.00. The molecule has 2 heterocycles. The second-order valence-electron chi connectivity index (χ2n) is 6.93. The van der Waals surface area contributed by atoms with Crippen molar-refractivity contribution >= 4 is 11.8 Å². The summed E-state index contributed by atoms with van der Waals surface area (Å²) in [5.41, 5.74) is 2.50. The molecule has 2 aliphatic rings. The fraction of sp³-hybridized carbons (Fsp3) is 0.368. The summed E-state index contributed by atoms with van der Waals surface area (Å²) in [6.45, 7) is 0.509. The number of carbonyl (C=O) groups is 2. The number of likely N-dealkylation sites (tertiary alicyclic amines) is 1. The zero-order valence-corrected chi connectivity index (χ0v) is 14.5. The van der Waals surface area contributed by atoms with Gasteiger partial charge in [0.15, 0.2) is 0 Å². The molecule has 134 valence electrons. The normalized spacial score (nSPS) is 19.7. The van der Waals surface area contributed by atoms with Gasteiger partial charge in [-0.2, -0.15) is 5.10 Å². The van der Waals surface area contributed by atoms with Crippen molar-refractivity contribution in [1.29, 1.82) is 0 Å². The molecule has 0 saturated carbocycles. The Morgan fingerprint density at radius 1 is 1.08 bits per heavy atom. The number of nitrogens with zero attached hydrogens (tertiary/aromatic N) is 3. The number of aryl methyl sites for hydroxylation is 1. The van der Waals surface area contributed by atoms with Crippen molar-refractivity contribution in [2.75, 3.05) is 6.54 Å². The van der Waals surface area contributed by atoms with Gasteiger partial charge in [0.25, 0.3) is 11.5 Å². The quantitative estimate of drug-likeness (QED) is 0.860. The van der Waals surface area contributed by atoms with Crippen LogP contribution in [0, 0.1) is 0 Å². The fourth-order valence-electron chi connectivity index (χ4n) is 3.82. The molecule has 1 atom stereocenters. The van der Waals surface area contributed by atoms with E-state index < -0.39 is 0 Å². The van der Waals surface area contributed by atoms with Crippen molar-refractivity contribution in [3.63, 3.8) is 0 Å². The molecular weight excluding hydrogens is 332 g/mol. The molecule has 0 radical (unpaired) electrons. The van der Waals surface area contributed by atoms with Gasteiger partial charge in [-0.3, -0.25) is 14.4 Å². The zero-order chi connectivity index (χ0) is 18.3. The van der Waals surface area contributed by atoms with Crippen LogP contribution in [0.4, 0.5) is 0 Å². The van der Waals surface area contributed by atoms with Crippen LogP contribution in [0.15, 0.2) is 41.2 Å². The fourth-order valence-corrected chi connectivity index (χ4v) is 3.82. The lowest BCUT2D eigenvalue weighted by molar-refractivity contribution is -0.129. The molecule has 4 rings (SSSR count). The van der Waals surface area contributed by atoms with Crippen molar-refractivity contribution in [1.82, 2.24) is 20.0 Å². The first kappa shape index (κ1) is 16.5. The number of fused-ring (bicyclic) bond motifs is 1. The summed E-state index contributed by atoms with van der Waals surface area (Å²) in [6, 6.07) is 10.9. The Labute approximate surface area is 150 Å². The van der Waals surface area contributed by atoms with E-state index in [4.69, 9.17) is 0 Å². The Morgan fingerprint density at radius 3 is 2.42 bits per heavy atom. The number of nitrogens with one attached hydrogen (secondary N) is 1. The van der Waals surface area contributed by atoms with Crippen LogP contribution in [0.2, 0.25) is 0 Å². The van der Waals surface area contributed by atoms with E-state index in [9.17, 15) is 14.4 Å². The molecular formula is C19H20N4O3. The SMILES string of the molecule is Cn1nc(C(=O)NC2CC(=O)N(C3Cc4ccccc4C3)C2)ccc1=O. The monoisotopic (exact) mass is 352 g/mol. The lowest BCUT2D eigenvalue weighted by Gasteiger charge is -2.24. The maximum atomic E-state index is 12.5. The van der Waals surface area contributed by atoms with E-state index in [2.05, 4.69) is 22.5 Å². The van der Waals surface area contributed by atoms with Crippen LogP contribution in [0.3, 0.4) is 0 Å². The molecule has 1 N–H and O–H groups in total. The Hall–Kier alpha value is -2.96. The minimum absolute atomic E-state index is 0.0709. The molecule has 2 aromatic rings. The molecule has 26 heavy (non-hydrogen) atoms. The standard InChI is InChI=1S/C19H20N4O3/c1-22-17(24)7-6-16(21-22)19(26)20-14-10-18(25)23(11-14)15-8-12-4-2-3-5-13(12)9-15/h2-7,14-15H,8-11H2,1H3,(H,20,26). The summed E-state index contributed by atoms with van der Waals surface area (Å²) < 4.78 is 1.12. The Balaban J connectivity index is 1.41. The van der Waals surface area contributed by atoms with Crippen molar-refractivity contribution < 1.29 is 9.59 Å². The third-order valence-corrected chi connectivity index (χ3v) is 5.16. The summed E-state index contributed by atoms with van der Waals surface area (Å²) in [6.07, 6.45) is 2.03. The van der Waals surface area contributed by atoms with Crippen molar-refractivity contribution in [2.45, 2.75) is 31.3 Å². The first-order valence-corrected chi connectivity index (χ1v) is 8.73. The lowest BCUT2D eigenvalue weighted by atomic mass is 10.1. The molecule has 1 aromatic carbocycles. The number of rotatable bonds is 3. The summed E-state index contributed by atoms with van der Waals surface area (Å²) >= 11 is 0. The van der Waals surface area contributed by atoms with Gasteiger partial charge in [-0.05, 0) is 30.0 Å². The van der Waals surface area contributed by atoms with E-state index in [1.165, 1.54) is 30.3 Å². The van der Waals surface area contributed by atoms with E-state index in [1.807, 2.05) is 17.0 Å². The van der Waals surface area contributed by atoms with E-state index in [0.29, 0.717) is 13.0 Å².